The van der Waals surface area contributed by atoms with E-state index in [-0.39, 0.29) is 0 Å². The van der Waals surface area contributed by atoms with Crippen molar-refractivity contribution in [3.8, 4) is 0 Å². The molecular formula is C19H31N3O2P2. The molecule has 26 heavy (non-hydrogen) atoms. The first-order chi connectivity index (χ1) is 12.4. The van der Waals surface area contributed by atoms with Gasteiger partial charge in [0.1, 0.15) is 0 Å². The summed E-state index contributed by atoms with van der Waals surface area (Å²) < 4.78 is 4.07. The summed E-state index contributed by atoms with van der Waals surface area (Å²) in [6.07, 6.45) is 13.8. The maximum Gasteiger partial charge on any atom is 0.313 e. The first-order valence-corrected chi connectivity index (χ1v) is 10.2. The van der Waals surface area contributed by atoms with Crippen LogP contribution in [0.25, 0.3) is 0 Å². The number of nitrogens with zero attached hydrogens (tertiary/aromatic N) is 3. The molecule has 0 amide bonds. The van der Waals surface area contributed by atoms with Crippen molar-refractivity contribution in [1.82, 2.24) is 14.0 Å². The summed E-state index contributed by atoms with van der Waals surface area (Å²) in [7, 11) is 5.14. The fourth-order valence-corrected chi connectivity index (χ4v) is 4.10. The van der Waals surface area contributed by atoms with Crippen molar-refractivity contribution in [1.29, 1.82) is 0 Å². The fourth-order valence-electron chi connectivity index (χ4n) is 3.74. The second-order valence-electron chi connectivity index (χ2n) is 7.30. The van der Waals surface area contributed by atoms with E-state index in [0.29, 0.717) is 24.8 Å². The number of hydrogen-bond acceptors (Lipinski definition) is 3. The summed E-state index contributed by atoms with van der Waals surface area (Å²) in [6.45, 7) is 8.50. The zero-order valence-electron chi connectivity index (χ0n) is 15.4. The largest absolute Gasteiger partial charge is 0.481 e. The number of aliphatic carboxylic acids is 1. The first kappa shape index (κ1) is 21.3. The normalized spacial score (nSPS) is 22.7. The van der Waals surface area contributed by atoms with Crippen LogP contribution in [-0.2, 0) is 11.2 Å². The smallest absolute Gasteiger partial charge is 0.313 e. The van der Waals surface area contributed by atoms with Gasteiger partial charge in [-0.3, -0.25) is 9.24 Å². The third kappa shape index (κ3) is 5.49. The molecule has 0 radical (unpaired) electrons. The lowest BCUT2D eigenvalue weighted by atomic mass is 9.79. The van der Waals surface area contributed by atoms with Gasteiger partial charge in [0, 0.05) is 25.2 Å². The first-order valence-electron chi connectivity index (χ1n) is 9.19. The molecule has 0 aromatic carbocycles. The molecule has 5 nitrogen and oxygen atoms in total. The van der Waals surface area contributed by atoms with Crippen molar-refractivity contribution < 1.29 is 9.90 Å². The number of hydrogen-bond donors (Lipinski definition) is 1. The highest BCUT2D eigenvalue weighted by molar-refractivity contribution is 7.30. The summed E-state index contributed by atoms with van der Waals surface area (Å²) in [5.74, 6) is -0.199. The van der Waals surface area contributed by atoms with E-state index in [1.807, 2.05) is 17.0 Å². The Hall–Kier alpha value is -1.02. The van der Waals surface area contributed by atoms with Crippen molar-refractivity contribution in [3.63, 3.8) is 0 Å². The number of carbonyl (C=O) groups is 1. The Labute approximate surface area is 161 Å². The lowest BCUT2D eigenvalue weighted by molar-refractivity contribution is -0.146. The maximum atomic E-state index is 12.0. The molecule has 0 spiro atoms. The van der Waals surface area contributed by atoms with Crippen molar-refractivity contribution in [2.24, 2.45) is 11.3 Å². The van der Waals surface area contributed by atoms with Gasteiger partial charge in [0.05, 0.1) is 17.4 Å². The standard InChI is InChI=1S/C19H31N3O2P2/c1-3-15-6-8-17(9-7-15)21-13-16(20-14-21)12-19(4-2,18(23)24)10-5-11-22(25)26/h3-4,13-15,17H,1-2,5-12,25-26H2,(H,23,24)/t15?,17?,19-/m0/s1. The molecule has 1 aliphatic carbocycles. The molecule has 1 aromatic rings. The minimum absolute atomic E-state index is 0.383. The van der Waals surface area contributed by atoms with Crippen LogP contribution in [0.1, 0.15) is 50.3 Å². The van der Waals surface area contributed by atoms with Gasteiger partial charge in [-0.2, -0.15) is 0 Å². The third-order valence-electron chi connectivity index (χ3n) is 5.50. The SMILES string of the molecule is C=CC1CCC(n2cnc(C[C@](C=C)(CCCN(P)P)C(=O)O)c2)CC1. The zero-order valence-corrected chi connectivity index (χ0v) is 17.7. The predicted octanol–water partition coefficient (Wildman–Crippen LogP) is 4.26. The topological polar surface area (TPSA) is 58.4 Å². The lowest BCUT2D eigenvalue weighted by Gasteiger charge is -2.27. The van der Waals surface area contributed by atoms with E-state index < -0.39 is 11.4 Å². The number of allylic oxidation sites excluding steroid dienone is 1. The summed E-state index contributed by atoms with van der Waals surface area (Å²) in [5, 5.41) is 9.82. The minimum atomic E-state index is -0.967. The molecule has 7 heteroatoms. The van der Waals surface area contributed by atoms with Crippen LogP contribution in [-0.4, -0.2) is 31.6 Å². The van der Waals surface area contributed by atoms with Crippen LogP contribution >= 0.6 is 18.8 Å². The van der Waals surface area contributed by atoms with Gasteiger partial charge in [-0.15, -0.1) is 13.2 Å². The molecule has 0 bridgehead atoms. The molecule has 2 rings (SSSR count). The van der Waals surface area contributed by atoms with Crippen LogP contribution in [0.2, 0.25) is 0 Å². The van der Waals surface area contributed by atoms with Crippen LogP contribution in [0.5, 0.6) is 0 Å². The van der Waals surface area contributed by atoms with Crippen molar-refractivity contribution >= 4 is 24.8 Å². The molecule has 1 saturated carbocycles. The summed E-state index contributed by atoms with van der Waals surface area (Å²) in [4.78, 5) is 16.5. The summed E-state index contributed by atoms with van der Waals surface area (Å²) in [5.41, 5.74) is -0.142. The molecule has 1 aromatic heterocycles. The van der Waals surface area contributed by atoms with Crippen LogP contribution in [0, 0.1) is 11.3 Å². The van der Waals surface area contributed by atoms with Gasteiger partial charge < -0.3 is 9.67 Å². The second-order valence-corrected chi connectivity index (χ2v) is 9.22. The Morgan fingerprint density at radius 2 is 2.08 bits per heavy atom. The van der Waals surface area contributed by atoms with Crippen LogP contribution in [0.3, 0.4) is 0 Å². The Balaban J connectivity index is 2.04. The van der Waals surface area contributed by atoms with E-state index in [9.17, 15) is 9.90 Å². The molecule has 1 fully saturated rings. The average molecular weight is 395 g/mol. The fraction of sp³-hybridized carbons (Fsp3) is 0.579. The summed E-state index contributed by atoms with van der Waals surface area (Å²) >= 11 is 0. The van der Waals surface area contributed by atoms with E-state index in [2.05, 4.69) is 47.6 Å². The molecule has 1 heterocycles. The Kier molecular flexibility index (Phi) is 8.01. The van der Waals surface area contributed by atoms with Gasteiger partial charge in [-0.05, 0) is 44.4 Å². The van der Waals surface area contributed by atoms with E-state index in [4.69, 9.17) is 0 Å². The highest BCUT2D eigenvalue weighted by atomic mass is 31.1. The number of rotatable bonds is 10. The van der Waals surface area contributed by atoms with E-state index in [1.165, 1.54) is 0 Å². The number of carboxylic acid groups (broad SMARTS) is 1. The van der Waals surface area contributed by atoms with Crippen molar-refractivity contribution in [2.75, 3.05) is 6.54 Å². The number of imidazole rings is 1. The molecule has 0 saturated heterocycles. The minimum Gasteiger partial charge on any atom is -0.481 e. The number of carboxylic acids is 1. The van der Waals surface area contributed by atoms with Gasteiger partial charge in [-0.25, -0.2) is 4.98 Å². The Morgan fingerprint density at radius 3 is 2.62 bits per heavy atom. The Bertz CT molecular complexity index is 624. The average Bonchev–Trinajstić information content (AvgIpc) is 3.08. The lowest BCUT2D eigenvalue weighted by Crippen LogP contribution is -2.32. The second kappa shape index (κ2) is 9.78. The van der Waals surface area contributed by atoms with Gasteiger partial charge in [0.25, 0.3) is 0 Å². The van der Waals surface area contributed by atoms with Crippen LogP contribution in [0.4, 0.5) is 0 Å². The van der Waals surface area contributed by atoms with Crippen LogP contribution < -0.4 is 0 Å². The van der Waals surface area contributed by atoms with E-state index >= 15 is 0 Å². The quantitative estimate of drug-likeness (QED) is 0.475. The molecule has 1 N–H and O–H groups in total. The molecule has 144 valence electrons. The summed E-state index contributed by atoms with van der Waals surface area (Å²) in [6, 6.07) is 0.457. The highest BCUT2D eigenvalue weighted by Crippen LogP contribution is 2.34. The van der Waals surface area contributed by atoms with Crippen molar-refractivity contribution in [2.45, 2.75) is 51.0 Å². The zero-order chi connectivity index (χ0) is 19.2. The molecule has 0 aliphatic heterocycles. The molecule has 1 aliphatic rings. The van der Waals surface area contributed by atoms with E-state index in [1.54, 1.807) is 6.08 Å². The van der Waals surface area contributed by atoms with Gasteiger partial charge in [0.15, 0.2) is 0 Å². The van der Waals surface area contributed by atoms with Crippen molar-refractivity contribution in [3.05, 3.63) is 43.5 Å². The predicted molar refractivity (Wildman–Crippen MR) is 113 cm³/mol. The van der Waals surface area contributed by atoms with Gasteiger partial charge in [-0.1, -0.05) is 30.9 Å². The molecule has 2 unspecified atom stereocenters. The molecular weight excluding hydrogens is 364 g/mol. The number of aromatic nitrogens is 2. The third-order valence-corrected chi connectivity index (χ3v) is 6.02. The van der Waals surface area contributed by atoms with Gasteiger partial charge in [0.2, 0.25) is 0 Å². The van der Waals surface area contributed by atoms with Gasteiger partial charge >= 0.3 is 5.97 Å². The van der Waals surface area contributed by atoms with E-state index in [0.717, 1.165) is 44.3 Å². The molecule has 3 atom stereocenters. The monoisotopic (exact) mass is 395 g/mol. The maximum absolute atomic E-state index is 12.0. The Morgan fingerprint density at radius 1 is 1.38 bits per heavy atom. The van der Waals surface area contributed by atoms with Crippen LogP contribution in [0.15, 0.2) is 37.8 Å². The highest BCUT2D eigenvalue weighted by Gasteiger charge is 2.36.